The van der Waals surface area contributed by atoms with E-state index in [0.717, 1.165) is 6.54 Å². The maximum absolute atomic E-state index is 13.2. The third-order valence-electron chi connectivity index (χ3n) is 8.22. The summed E-state index contributed by atoms with van der Waals surface area (Å²) in [6.45, 7) is 2.97. The molecule has 6 atom stereocenters. The molecular formula is C21H23N3O5. The first-order valence-electron chi connectivity index (χ1n) is 10.3. The molecule has 8 nitrogen and oxygen atoms in total. The number of fused-ring (bicyclic) bond motifs is 2. The maximum Gasteiger partial charge on any atom is 0.291 e. The summed E-state index contributed by atoms with van der Waals surface area (Å²) in [6, 6.07) is 9.64. The monoisotopic (exact) mass is 397 g/mol. The number of hydrogen-bond acceptors (Lipinski definition) is 5. The van der Waals surface area contributed by atoms with Crippen LogP contribution in [0.1, 0.15) is 24.8 Å². The molecule has 1 aromatic rings. The van der Waals surface area contributed by atoms with Gasteiger partial charge in [-0.3, -0.25) is 9.69 Å². The van der Waals surface area contributed by atoms with Gasteiger partial charge in [0, 0.05) is 29.6 Å². The van der Waals surface area contributed by atoms with Gasteiger partial charge in [0.25, 0.3) is 5.09 Å². The van der Waals surface area contributed by atoms with Crippen molar-refractivity contribution in [3.05, 3.63) is 51.6 Å². The minimum absolute atomic E-state index is 0.104. The first-order chi connectivity index (χ1) is 14.0. The van der Waals surface area contributed by atoms with Crippen LogP contribution in [0.15, 0.2) is 35.9 Å². The van der Waals surface area contributed by atoms with Gasteiger partial charge in [0.05, 0.1) is 25.2 Å². The zero-order chi connectivity index (χ0) is 19.9. The Balaban J connectivity index is 0.000000382. The first-order valence-corrected chi connectivity index (χ1v) is 10.3. The SMILES string of the molecule is O=C1CC2OCC=C3CN4CC[C@]56c7ccccc7N1C5[C@H]2[C@H]3C[C@H]46.O=[N+]([O-])O. The lowest BCUT2D eigenvalue weighted by molar-refractivity contribution is -0.742. The van der Waals surface area contributed by atoms with E-state index in [0.29, 0.717) is 36.9 Å². The van der Waals surface area contributed by atoms with E-state index >= 15 is 0 Å². The second-order valence-electron chi connectivity index (χ2n) is 9.01. The minimum Gasteiger partial charge on any atom is -0.373 e. The number of para-hydroxylation sites is 1. The normalized spacial score (nSPS) is 40.4. The second-order valence-corrected chi connectivity index (χ2v) is 9.01. The molecule has 5 aliphatic heterocycles. The number of carbonyl (C=O) groups is 1. The van der Waals surface area contributed by atoms with E-state index in [1.165, 1.54) is 30.6 Å². The average molecular weight is 397 g/mol. The van der Waals surface area contributed by atoms with Crippen molar-refractivity contribution in [3.8, 4) is 0 Å². The van der Waals surface area contributed by atoms with E-state index in [1.54, 1.807) is 5.57 Å². The molecule has 1 aliphatic carbocycles. The molecule has 1 N–H and O–H groups in total. The number of piperidine rings is 2. The van der Waals surface area contributed by atoms with Gasteiger partial charge in [0.15, 0.2) is 0 Å². The van der Waals surface area contributed by atoms with Crippen LogP contribution >= 0.6 is 0 Å². The van der Waals surface area contributed by atoms with E-state index in [-0.39, 0.29) is 17.4 Å². The Hall–Kier alpha value is -2.45. The Morgan fingerprint density at radius 2 is 2.10 bits per heavy atom. The van der Waals surface area contributed by atoms with Gasteiger partial charge in [-0.25, -0.2) is 0 Å². The number of anilines is 1. The van der Waals surface area contributed by atoms with E-state index in [9.17, 15) is 4.79 Å². The van der Waals surface area contributed by atoms with Crippen LogP contribution in [0.3, 0.4) is 0 Å². The zero-order valence-corrected chi connectivity index (χ0v) is 15.9. The molecule has 5 heterocycles. The Kier molecular flexibility index (Phi) is 3.48. The lowest BCUT2D eigenvalue weighted by atomic mass is 9.53. The van der Waals surface area contributed by atoms with Gasteiger partial charge in [-0.05, 0) is 36.9 Å². The van der Waals surface area contributed by atoms with Gasteiger partial charge in [-0.15, -0.1) is 10.1 Å². The van der Waals surface area contributed by atoms with Crippen molar-refractivity contribution in [1.82, 2.24) is 4.90 Å². The fourth-order valence-electron chi connectivity index (χ4n) is 7.51. The second kappa shape index (κ2) is 5.79. The summed E-state index contributed by atoms with van der Waals surface area (Å²) in [7, 11) is 0. The van der Waals surface area contributed by atoms with E-state index in [4.69, 9.17) is 20.1 Å². The largest absolute Gasteiger partial charge is 0.373 e. The van der Waals surface area contributed by atoms with Crippen LogP contribution in [-0.4, -0.2) is 59.0 Å². The number of ether oxygens (including phenoxy) is 1. The van der Waals surface area contributed by atoms with Crippen LogP contribution in [0.2, 0.25) is 0 Å². The average Bonchev–Trinajstić information content (AvgIpc) is 3.15. The maximum atomic E-state index is 13.2. The van der Waals surface area contributed by atoms with Gasteiger partial charge in [-0.2, -0.15) is 0 Å². The molecule has 3 saturated heterocycles. The number of hydrogen-bond donors (Lipinski definition) is 1. The molecule has 2 bridgehead atoms. The summed E-state index contributed by atoms with van der Waals surface area (Å²) in [4.78, 5) is 26.4. The molecule has 8 heteroatoms. The highest BCUT2D eigenvalue weighted by Crippen LogP contribution is 2.65. The number of amides is 1. The molecule has 1 spiro atoms. The third kappa shape index (κ3) is 2.08. The van der Waals surface area contributed by atoms with Gasteiger partial charge >= 0.3 is 0 Å². The molecular weight excluding hydrogens is 374 g/mol. The quantitative estimate of drug-likeness (QED) is 0.407. The highest BCUT2D eigenvalue weighted by molar-refractivity contribution is 5.99. The molecule has 4 fully saturated rings. The highest BCUT2D eigenvalue weighted by atomic mass is 16.9. The predicted molar refractivity (Wildman–Crippen MR) is 102 cm³/mol. The van der Waals surface area contributed by atoms with Crippen molar-refractivity contribution >= 4 is 11.6 Å². The van der Waals surface area contributed by atoms with Crippen LogP contribution in [-0.2, 0) is 14.9 Å². The van der Waals surface area contributed by atoms with Gasteiger partial charge in [0.1, 0.15) is 0 Å². The lowest BCUT2D eigenvalue weighted by Crippen LogP contribution is -2.69. The van der Waals surface area contributed by atoms with Crippen molar-refractivity contribution in [2.75, 3.05) is 24.6 Å². The topological polar surface area (TPSA) is 96.2 Å². The van der Waals surface area contributed by atoms with Crippen molar-refractivity contribution in [2.24, 2.45) is 11.8 Å². The predicted octanol–water partition coefficient (Wildman–Crippen LogP) is 1.74. The van der Waals surface area contributed by atoms with E-state index < -0.39 is 5.09 Å². The Labute approximate surface area is 167 Å². The number of carbonyl (C=O) groups excluding carboxylic acids is 1. The van der Waals surface area contributed by atoms with Crippen LogP contribution in [0, 0.1) is 22.0 Å². The van der Waals surface area contributed by atoms with E-state index in [1.807, 2.05) is 0 Å². The lowest BCUT2D eigenvalue weighted by Gasteiger charge is -2.58. The molecule has 29 heavy (non-hydrogen) atoms. The molecule has 1 saturated carbocycles. The third-order valence-corrected chi connectivity index (χ3v) is 8.22. The van der Waals surface area contributed by atoms with Crippen LogP contribution in [0.25, 0.3) is 0 Å². The van der Waals surface area contributed by atoms with Crippen molar-refractivity contribution in [2.45, 2.75) is 42.9 Å². The summed E-state index contributed by atoms with van der Waals surface area (Å²) in [5.74, 6) is 1.35. The van der Waals surface area contributed by atoms with Gasteiger partial charge < -0.3 is 14.8 Å². The summed E-state index contributed by atoms with van der Waals surface area (Å²) in [5, 5.41) is 13.6. The van der Waals surface area contributed by atoms with Crippen molar-refractivity contribution < 1.29 is 19.8 Å². The smallest absolute Gasteiger partial charge is 0.291 e. The van der Waals surface area contributed by atoms with Crippen molar-refractivity contribution in [1.29, 1.82) is 0 Å². The molecule has 152 valence electrons. The molecule has 0 radical (unpaired) electrons. The Bertz CT molecular complexity index is 944. The number of rotatable bonds is 0. The van der Waals surface area contributed by atoms with Crippen molar-refractivity contribution in [3.63, 3.8) is 0 Å². The molecule has 7 rings (SSSR count). The molecule has 6 aliphatic rings. The number of benzene rings is 1. The van der Waals surface area contributed by atoms with Crippen LogP contribution in [0.4, 0.5) is 5.69 Å². The minimum atomic E-state index is -1.50. The first kappa shape index (κ1) is 17.4. The van der Waals surface area contributed by atoms with Crippen LogP contribution in [0.5, 0.6) is 0 Å². The van der Waals surface area contributed by atoms with Gasteiger partial charge in [-0.1, -0.05) is 29.8 Å². The summed E-state index contributed by atoms with van der Waals surface area (Å²) in [6.07, 6.45) is 5.43. The van der Waals surface area contributed by atoms with Crippen LogP contribution < -0.4 is 4.90 Å². The Morgan fingerprint density at radius 3 is 2.93 bits per heavy atom. The van der Waals surface area contributed by atoms with Gasteiger partial charge in [0.2, 0.25) is 5.91 Å². The molecule has 1 aromatic carbocycles. The summed E-state index contributed by atoms with van der Waals surface area (Å²) in [5.41, 5.74) is 4.35. The zero-order valence-electron chi connectivity index (χ0n) is 15.9. The molecule has 0 aromatic heterocycles. The highest BCUT2D eigenvalue weighted by Gasteiger charge is 2.70. The molecule has 1 amide bonds. The number of nitrogens with zero attached hydrogens (tertiary/aromatic N) is 3. The summed E-state index contributed by atoms with van der Waals surface area (Å²) < 4.78 is 6.25. The van der Waals surface area contributed by atoms with E-state index in [2.05, 4.69) is 40.1 Å². The standard InChI is InChI=1S/C21H22N2O2.HNO3/c24-18-10-16-19-13-9-17-21(6-7-22(17)11-12(13)5-8-25-16)14-3-1-2-4-15(14)23(18)20(19)21;2-1(3)4/h1-5,13,16-17,19-20H,6-11H2;(H,2,3,4)/t13-,16?,17-,19-,20?,21+;/m0./s1. The summed E-state index contributed by atoms with van der Waals surface area (Å²) >= 11 is 0. The fraction of sp³-hybridized carbons (Fsp3) is 0.571. The fourth-order valence-corrected chi connectivity index (χ4v) is 7.51. The Morgan fingerprint density at radius 1 is 1.31 bits per heavy atom. The molecule has 2 unspecified atom stereocenters.